The average Bonchev–Trinajstić information content (AvgIpc) is 3.35. The molecule has 4 rings (SSSR count). The zero-order valence-corrected chi connectivity index (χ0v) is 20.8. The summed E-state index contributed by atoms with van der Waals surface area (Å²) in [7, 11) is 1.50. The Balaban J connectivity index is 1.77. The lowest BCUT2D eigenvalue weighted by Gasteiger charge is -2.27. The van der Waals surface area contributed by atoms with Crippen LogP contribution in [0.5, 0.6) is 11.5 Å². The van der Waals surface area contributed by atoms with Crippen molar-refractivity contribution >= 4 is 34.8 Å². The predicted molar refractivity (Wildman–Crippen MR) is 132 cm³/mol. The number of alkyl halides is 3. The largest absolute Gasteiger partial charge is 0.493 e. The third-order valence-electron chi connectivity index (χ3n) is 6.00. The van der Waals surface area contributed by atoms with Gasteiger partial charge in [0.1, 0.15) is 0 Å². The van der Waals surface area contributed by atoms with E-state index in [2.05, 4.69) is 4.98 Å². The van der Waals surface area contributed by atoms with Gasteiger partial charge in [-0.15, -0.1) is 0 Å². The minimum atomic E-state index is -4.61. The molecule has 0 aliphatic heterocycles. The molecule has 0 bridgehead atoms. The summed E-state index contributed by atoms with van der Waals surface area (Å²) in [6, 6.07) is 9.70. The summed E-state index contributed by atoms with van der Waals surface area (Å²) in [5.41, 5.74) is -0.732. The van der Waals surface area contributed by atoms with Crippen LogP contribution in [-0.2, 0) is 12.7 Å². The molecule has 10 heteroatoms. The number of anilines is 1. The van der Waals surface area contributed by atoms with Crippen LogP contribution in [-0.4, -0.2) is 24.1 Å². The smallest absolute Gasteiger partial charge is 0.416 e. The molecule has 0 spiro atoms. The number of aromatic nitrogens is 1. The number of hydrogen-bond donors (Lipinski definition) is 0. The molecule has 0 N–H and O–H groups in total. The van der Waals surface area contributed by atoms with Crippen molar-refractivity contribution in [1.29, 1.82) is 0 Å². The molecule has 1 amide bonds. The fourth-order valence-corrected chi connectivity index (χ4v) is 4.83. The van der Waals surface area contributed by atoms with Crippen molar-refractivity contribution in [2.45, 2.75) is 44.5 Å². The Labute approximate surface area is 216 Å². The molecule has 1 heterocycles. The van der Waals surface area contributed by atoms with Crippen LogP contribution in [0.25, 0.3) is 0 Å². The van der Waals surface area contributed by atoms with E-state index in [1.165, 1.54) is 49.8 Å². The summed E-state index contributed by atoms with van der Waals surface area (Å²) in [4.78, 5) is 18.8. The highest BCUT2D eigenvalue weighted by molar-refractivity contribution is 6.40. The minimum absolute atomic E-state index is 0.00287. The summed E-state index contributed by atoms with van der Waals surface area (Å²) < 4.78 is 52.6. The van der Waals surface area contributed by atoms with E-state index in [1.807, 2.05) is 0 Å². The Bertz CT molecular complexity index is 1230. The number of halogens is 5. The van der Waals surface area contributed by atoms with Crippen molar-refractivity contribution in [2.75, 3.05) is 12.0 Å². The van der Waals surface area contributed by atoms with Crippen molar-refractivity contribution < 1.29 is 27.4 Å². The van der Waals surface area contributed by atoms with E-state index in [0.717, 1.165) is 36.6 Å². The highest BCUT2D eigenvalue weighted by Gasteiger charge is 2.34. The Morgan fingerprint density at radius 2 is 1.72 bits per heavy atom. The first-order valence-electron chi connectivity index (χ1n) is 11.3. The molecule has 1 aliphatic carbocycles. The maximum Gasteiger partial charge on any atom is 0.416 e. The Morgan fingerprint density at radius 3 is 2.36 bits per heavy atom. The standard InChI is InChI=1S/C26H23Cl2F3N2O3/c1-35-22-11-10-16(12-23(22)36-18-7-3-4-8-18)25(34)33(24-20(27)13-32-14-21(24)28)15-17-6-2-5-9-19(17)26(29,30)31/h2,5-6,9-14,18H,3-4,7-8,15H2,1H3. The van der Waals surface area contributed by atoms with Gasteiger partial charge in [0.2, 0.25) is 0 Å². The number of rotatable bonds is 7. The Morgan fingerprint density at radius 1 is 1.06 bits per heavy atom. The number of amides is 1. The van der Waals surface area contributed by atoms with Gasteiger partial charge >= 0.3 is 6.18 Å². The molecule has 3 aromatic rings. The van der Waals surface area contributed by atoms with Gasteiger partial charge in [0.15, 0.2) is 11.5 Å². The molecule has 0 atom stereocenters. The summed E-state index contributed by atoms with van der Waals surface area (Å²) in [5, 5.41) is 0.0487. The van der Waals surface area contributed by atoms with Gasteiger partial charge in [0, 0.05) is 18.0 Å². The molecule has 1 fully saturated rings. The second-order valence-electron chi connectivity index (χ2n) is 8.39. The van der Waals surface area contributed by atoms with Crippen LogP contribution >= 0.6 is 23.2 Å². The number of nitrogens with zero attached hydrogens (tertiary/aromatic N) is 2. The number of hydrogen-bond acceptors (Lipinski definition) is 4. The van der Waals surface area contributed by atoms with Crippen molar-refractivity contribution in [3.8, 4) is 11.5 Å². The monoisotopic (exact) mass is 538 g/mol. The number of ether oxygens (including phenoxy) is 2. The van der Waals surface area contributed by atoms with Gasteiger partial charge in [0.05, 0.1) is 41.1 Å². The molecule has 0 saturated heterocycles. The second kappa shape index (κ2) is 11.0. The van der Waals surface area contributed by atoms with Gasteiger partial charge in [-0.2, -0.15) is 13.2 Å². The van der Waals surface area contributed by atoms with E-state index >= 15 is 0 Å². The molecule has 0 unspecified atom stereocenters. The van der Waals surface area contributed by atoms with Gasteiger partial charge in [-0.1, -0.05) is 41.4 Å². The molecule has 1 saturated carbocycles. The number of carbonyl (C=O) groups excluding carboxylic acids is 1. The quantitative estimate of drug-likeness (QED) is 0.311. The van der Waals surface area contributed by atoms with E-state index in [-0.39, 0.29) is 33.0 Å². The van der Waals surface area contributed by atoms with Gasteiger partial charge < -0.3 is 14.4 Å². The SMILES string of the molecule is COc1ccc(C(=O)N(Cc2ccccc2C(F)(F)F)c2c(Cl)cncc2Cl)cc1OC1CCCC1. The zero-order chi connectivity index (χ0) is 25.9. The van der Waals surface area contributed by atoms with Gasteiger partial charge in [-0.25, -0.2) is 0 Å². The lowest BCUT2D eigenvalue weighted by atomic mass is 10.1. The topological polar surface area (TPSA) is 51.7 Å². The number of benzene rings is 2. The highest BCUT2D eigenvalue weighted by atomic mass is 35.5. The third-order valence-corrected chi connectivity index (χ3v) is 6.55. The lowest BCUT2D eigenvalue weighted by Crippen LogP contribution is -2.32. The van der Waals surface area contributed by atoms with E-state index in [0.29, 0.717) is 11.5 Å². The Kier molecular flexibility index (Phi) is 7.95. The normalized spacial score (nSPS) is 14.1. The van der Waals surface area contributed by atoms with Crippen LogP contribution in [0.15, 0.2) is 54.9 Å². The number of methoxy groups -OCH3 is 1. The molecule has 190 valence electrons. The van der Waals surface area contributed by atoms with Crippen LogP contribution < -0.4 is 14.4 Å². The van der Waals surface area contributed by atoms with Gasteiger partial charge in [0.25, 0.3) is 5.91 Å². The number of pyridine rings is 1. The summed E-state index contributed by atoms with van der Waals surface area (Å²) in [6.07, 6.45) is 1.84. The third kappa shape index (κ3) is 5.71. The van der Waals surface area contributed by atoms with Crippen LogP contribution in [0.4, 0.5) is 18.9 Å². The van der Waals surface area contributed by atoms with Crippen LogP contribution in [0.2, 0.25) is 10.0 Å². The second-order valence-corrected chi connectivity index (χ2v) is 9.20. The van der Waals surface area contributed by atoms with E-state index < -0.39 is 24.2 Å². The zero-order valence-electron chi connectivity index (χ0n) is 19.3. The summed E-state index contributed by atoms with van der Waals surface area (Å²) >= 11 is 12.7. The van der Waals surface area contributed by atoms with Gasteiger partial charge in [-0.3, -0.25) is 9.78 Å². The number of carbonyl (C=O) groups is 1. The maximum atomic E-state index is 13.8. The fraction of sp³-hybridized carbons (Fsp3) is 0.308. The fourth-order valence-electron chi connectivity index (χ4n) is 4.26. The van der Waals surface area contributed by atoms with Crippen LogP contribution in [0.1, 0.15) is 47.2 Å². The molecule has 1 aromatic heterocycles. The molecular formula is C26H23Cl2F3N2O3. The summed E-state index contributed by atoms with van der Waals surface area (Å²) in [6.45, 7) is -0.428. The highest BCUT2D eigenvalue weighted by Crippen LogP contribution is 2.39. The van der Waals surface area contributed by atoms with E-state index in [9.17, 15) is 18.0 Å². The van der Waals surface area contributed by atoms with E-state index in [4.69, 9.17) is 32.7 Å². The van der Waals surface area contributed by atoms with Crippen molar-refractivity contribution in [3.63, 3.8) is 0 Å². The molecule has 2 aromatic carbocycles. The average molecular weight is 539 g/mol. The van der Waals surface area contributed by atoms with Crippen molar-refractivity contribution in [1.82, 2.24) is 4.98 Å². The molecular weight excluding hydrogens is 516 g/mol. The molecule has 5 nitrogen and oxygen atoms in total. The first-order chi connectivity index (χ1) is 17.2. The predicted octanol–water partition coefficient (Wildman–Crippen LogP) is 7.58. The Hall–Kier alpha value is -2.97. The molecule has 0 radical (unpaired) electrons. The first kappa shape index (κ1) is 26.1. The van der Waals surface area contributed by atoms with Gasteiger partial charge in [-0.05, 0) is 55.5 Å². The van der Waals surface area contributed by atoms with E-state index in [1.54, 1.807) is 6.07 Å². The summed E-state index contributed by atoms with van der Waals surface area (Å²) in [5.74, 6) is 0.228. The lowest BCUT2D eigenvalue weighted by molar-refractivity contribution is -0.138. The maximum absolute atomic E-state index is 13.8. The minimum Gasteiger partial charge on any atom is -0.493 e. The van der Waals surface area contributed by atoms with Crippen molar-refractivity contribution in [3.05, 3.63) is 81.6 Å². The van der Waals surface area contributed by atoms with Crippen LogP contribution in [0.3, 0.4) is 0 Å². The van der Waals surface area contributed by atoms with Crippen LogP contribution in [0, 0.1) is 0 Å². The molecule has 1 aliphatic rings. The molecule has 36 heavy (non-hydrogen) atoms. The van der Waals surface area contributed by atoms with Crippen molar-refractivity contribution in [2.24, 2.45) is 0 Å². The first-order valence-corrected chi connectivity index (χ1v) is 12.0.